The highest BCUT2D eigenvalue weighted by Crippen LogP contribution is 2.30. The van der Waals surface area contributed by atoms with E-state index in [0.29, 0.717) is 18.1 Å². The van der Waals surface area contributed by atoms with Crippen LogP contribution >= 0.6 is 0 Å². The Balaban J connectivity index is 1.52. The van der Waals surface area contributed by atoms with Gasteiger partial charge in [-0.2, -0.15) is 5.10 Å². The van der Waals surface area contributed by atoms with Crippen LogP contribution in [-0.4, -0.2) is 21.4 Å². The summed E-state index contributed by atoms with van der Waals surface area (Å²) < 4.78 is 7.65. The topological polar surface area (TPSA) is 102 Å². The number of anilines is 3. The second kappa shape index (κ2) is 7.55. The normalized spacial score (nSPS) is 12.3. The number of nitrogens with one attached hydrogen (secondary N) is 3. The van der Waals surface area contributed by atoms with Crippen molar-refractivity contribution in [2.45, 2.75) is 26.2 Å². The fourth-order valence-electron chi connectivity index (χ4n) is 3.00. The minimum atomic E-state index is 0.478. The summed E-state index contributed by atoms with van der Waals surface area (Å²) in [6, 6.07) is 9.85. The Hall–Kier alpha value is -3.26. The molecular weight excluding hydrogens is 342 g/mol. The molecule has 1 aliphatic heterocycles. The molecule has 0 amide bonds. The lowest BCUT2D eigenvalue weighted by molar-refractivity contribution is 0.309. The average molecular weight is 365 g/mol. The third-order valence-corrected chi connectivity index (χ3v) is 4.37. The van der Waals surface area contributed by atoms with E-state index in [-0.39, 0.29) is 0 Å². The number of rotatable bonds is 7. The molecule has 3 heterocycles. The molecule has 1 aromatic carbocycles. The Bertz CT molecular complexity index is 938. The maximum absolute atomic E-state index is 5.91. The molecule has 0 aliphatic carbocycles. The van der Waals surface area contributed by atoms with Crippen molar-refractivity contribution in [1.29, 1.82) is 0 Å². The highest BCUT2D eigenvalue weighted by Gasteiger charge is 2.17. The fourth-order valence-corrected chi connectivity index (χ4v) is 3.00. The molecule has 0 bridgehead atoms. The number of hydrogen-bond donors (Lipinski definition) is 4. The number of pyridine rings is 1. The second-order valence-electron chi connectivity index (χ2n) is 6.47. The van der Waals surface area contributed by atoms with Crippen molar-refractivity contribution in [2.75, 3.05) is 23.2 Å². The molecule has 0 spiro atoms. The number of nitrogen functional groups attached to an aromatic ring is 1. The van der Waals surface area contributed by atoms with Gasteiger partial charge in [-0.3, -0.25) is 5.43 Å². The van der Waals surface area contributed by atoms with Gasteiger partial charge in [0.2, 0.25) is 0 Å². The zero-order valence-corrected chi connectivity index (χ0v) is 15.2. The molecule has 1 aliphatic rings. The number of hydrazine groups is 2. The van der Waals surface area contributed by atoms with E-state index >= 15 is 0 Å². The summed E-state index contributed by atoms with van der Waals surface area (Å²) in [6.45, 7) is 2.88. The van der Waals surface area contributed by atoms with Gasteiger partial charge in [-0.1, -0.05) is 19.4 Å². The molecule has 2 aromatic heterocycles. The average Bonchev–Trinajstić information content (AvgIpc) is 3.31. The molecule has 0 saturated heterocycles. The number of benzene rings is 1. The van der Waals surface area contributed by atoms with Crippen molar-refractivity contribution in [3.8, 4) is 11.4 Å². The van der Waals surface area contributed by atoms with E-state index in [1.165, 1.54) is 0 Å². The highest BCUT2D eigenvalue weighted by atomic mass is 16.5. The van der Waals surface area contributed by atoms with Crippen molar-refractivity contribution in [3.05, 3.63) is 53.9 Å². The molecule has 0 saturated carbocycles. The number of ether oxygens (including phenoxy) is 1. The van der Waals surface area contributed by atoms with Gasteiger partial charge in [0, 0.05) is 18.7 Å². The van der Waals surface area contributed by atoms with Crippen molar-refractivity contribution < 1.29 is 4.74 Å². The maximum Gasteiger partial charge on any atom is 0.169 e. The zero-order valence-electron chi connectivity index (χ0n) is 15.2. The lowest BCUT2D eigenvalue weighted by Crippen LogP contribution is -2.19. The van der Waals surface area contributed by atoms with E-state index in [4.69, 9.17) is 10.5 Å². The van der Waals surface area contributed by atoms with E-state index in [1.54, 1.807) is 0 Å². The molecular formula is C19H23N7O. The number of nitrogens with zero attached hydrogens (tertiary/aromatic N) is 3. The molecule has 0 atom stereocenters. The summed E-state index contributed by atoms with van der Waals surface area (Å²) in [5, 5.41) is 4.50. The molecule has 27 heavy (non-hydrogen) atoms. The molecule has 8 nitrogen and oxygen atoms in total. The largest absolute Gasteiger partial charge is 0.494 e. The summed E-state index contributed by atoms with van der Waals surface area (Å²) in [6.07, 6.45) is 6.74. The molecule has 4 rings (SSSR count). The van der Waals surface area contributed by atoms with Crippen LogP contribution in [0.1, 0.15) is 30.9 Å². The first kappa shape index (κ1) is 17.2. The monoisotopic (exact) mass is 365 g/mol. The van der Waals surface area contributed by atoms with Gasteiger partial charge in [-0.25, -0.2) is 9.67 Å². The van der Waals surface area contributed by atoms with Gasteiger partial charge in [0.15, 0.2) is 5.82 Å². The Morgan fingerprint density at radius 1 is 1.22 bits per heavy atom. The van der Waals surface area contributed by atoms with Crippen LogP contribution in [0.25, 0.3) is 5.69 Å². The first-order valence-corrected chi connectivity index (χ1v) is 9.06. The number of unbranched alkanes of at least 4 members (excludes halogenated alkanes) is 1. The Labute approximate surface area is 157 Å². The third kappa shape index (κ3) is 3.80. The SMILES string of the molecule is CCCCOc1cccc(-n2cc(Cc3cc(N)nc4c3NNN4)cn2)c1. The molecule has 0 unspecified atom stereocenters. The predicted octanol–water partition coefficient (Wildman–Crippen LogP) is 2.88. The molecule has 0 fully saturated rings. The van der Waals surface area contributed by atoms with E-state index in [2.05, 4.69) is 33.4 Å². The minimum absolute atomic E-state index is 0.478. The first-order chi connectivity index (χ1) is 13.2. The second-order valence-corrected chi connectivity index (χ2v) is 6.47. The van der Waals surface area contributed by atoms with E-state index in [9.17, 15) is 0 Å². The summed E-state index contributed by atoms with van der Waals surface area (Å²) in [5.41, 5.74) is 18.8. The standard InChI is InChI=1S/C19H23N7O/c1-2-3-7-27-16-6-4-5-15(10-16)26-12-13(11-21-26)8-14-9-17(20)22-19-18(14)23-25-24-19/h4-6,9-12,23,25H,2-3,7-8H2,1H3,(H3,20,22,24). The van der Waals surface area contributed by atoms with Crippen LogP contribution in [0.4, 0.5) is 17.3 Å². The van der Waals surface area contributed by atoms with Gasteiger partial charge >= 0.3 is 0 Å². The van der Waals surface area contributed by atoms with Crippen LogP contribution in [0.2, 0.25) is 0 Å². The molecule has 8 heteroatoms. The van der Waals surface area contributed by atoms with Crippen LogP contribution in [0.3, 0.4) is 0 Å². The van der Waals surface area contributed by atoms with Gasteiger partial charge < -0.3 is 15.9 Å². The summed E-state index contributed by atoms with van der Waals surface area (Å²) in [5.74, 6) is 2.04. The third-order valence-electron chi connectivity index (χ3n) is 4.37. The van der Waals surface area contributed by atoms with Crippen LogP contribution < -0.4 is 26.9 Å². The number of aromatic nitrogens is 3. The van der Waals surface area contributed by atoms with E-state index < -0.39 is 0 Å². The zero-order chi connectivity index (χ0) is 18.6. The van der Waals surface area contributed by atoms with Gasteiger partial charge in [0.1, 0.15) is 11.6 Å². The van der Waals surface area contributed by atoms with E-state index in [0.717, 1.165) is 47.7 Å². The number of fused-ring (bicyclic) bond motifs is 1. The number of hydrogen-bond acceptors (Lipinski definition) is 7. The van der Waals surface area contributed by atoms with Crippen LogP contribution in [0.5, 0.6) is 5.75 Å². The summed E-state index contributed by atoms with van der Waals surface area (Å²) in [4.78, 5) is 4.26. The van der Waals surface area contributed by atoms with Crippen molar-refractivity contribution >= 4 is 17.3 Å². The van der Waals surface area contributed by atoms with Crippen LogP contribution in [0.15, 0.2) is 42.7 Å². The van der Waals surface area contributed by atoms with Crippen molar-refractivity contribution in [1.82, 2.24) is 20.3 Å². The molecule has 5 N–H and O–H groups in total. The molecule has 0 radical (unpaired) electrons. The van der Waals surface area contributed by atoms with Gasteiger partial charge in [0.25, 0.3) is 0 Å². The Morgan fingerprint density at radius 2 is 2.15 bits per heavy atom. The molecule has 140 valence electrons. The van der Waals surface area contributed by atoms with E-state index in [1.807, 2.05) is 47.4 Å². The number of nitrogens with two attached hydrogens (primary N) is 1. The lowest BCUT2D eigenvalue weighted by atomic mass is 10.1. The first-order valence-electron chi connectivity index (χ1n) is 9.06. The van der Waals surface area contributed by atoms with Crippen LogP contribution in [-0.2, 0) is 6.42 Å². The Kier molecular flexibility index (Phi) is 4.80. The highest BCUT2D eigenvalue weighted by molar-refractivity contribution is 5.74. The Morgan fingerprint density at radius 3 is 3.04 bits per heavy atom. The quantitative estimate of drug-likeness (QED) is 0.478. The van der Waals surface area contributed by atoms with Gasteiger partial charge in [-0.05, 0) is 35.7 Å². The van der Waals surface area contributed by atoms with Crippen molar-refractivity contribution in [3.63, 3.8) is 0 Å². The summed E-state index contributed by atoms with van der Waals surface area (Å²) >= 11 is 0. The minimum Gasteiger partial charge on any atom is -0.494 e. The van der Waals surface area contributed by atoms with Crippen molar-refractivity contribution in [2.24, 2.45) is 0 Å². The van der Waals surface area contributed by atoms with Gasteiger partial charge in [0.05, 0.1) is 24.2 Å². The summed E-state index contributed by atoms with van der Waals surface area (Å²) in [7, 11) is 0. The molecule has 3 aromatic rings. The van der Waals surface area contributed by atoms with Gasteiger partial charge in [-0.15, -0.1) is 5.53 Å². The maximum atomic E-state index is 5.91. The smallest absolute Gasteiger partial charge is 0.169 e. The fraction of sp³-hybridized carbons (Fsp3) is 0.263. The predicted molar refractivity (Wildman–Crippen MR) is 106 cm³/mol. The van der Waals surface area contributed by atoms with Crippen LogP contribution in [0, 0.1) is 0 Å². The lowest BCUT2D eigenvalue weighted by Gasteiger charge is -2.08.